The molecule has 0 aliphatic heterocycles. The van der Waals surface area contributed by atoms with Crippen LogP contribution >= 0.6 is 0 Å². The molecule has 0 aromatic heterocycles. The van der Waals surface area contributed by atoms with Crippen LogP contribution in [0.3, 0.4) is 0 Å². The van der Waals surface area contributed by atoms with E-state index in [0.717, 1.165) is 25.0 Å². The van der Waals surface area contributed by atoms with E-state index in [2.05, 4.69) is 25.5 Å². The van der Waals surface area contributed by atoms with E-state index in [9.17, 15) is 9.59 Å². The maximum atomic E-state index is 11.1. The van der Waals surface area contributed by atoms with E-state index < -0.39 is 11.9 Å². The molecule has 2 N–H and O–H groups in total. The predicted molar refractivity (Wildman–Crippen MR) is 139 cm³/mol. The summed E-state index contributed by atoms with van der Waals surface area (Å²) in [6.07, 6.45) is 14.9. The van der Waals surface area contributed by atoms with Crippen molar-refractivity contribution in [1.82, 2.24) is 0 Å². The Kier molecular flexibility index (Phi) is 33.0. The van der Waals surface area contributed by atoms with Gasteiger partial charge in [-0.25, -0.2) is 9.59 Å². The van der Waals surface area contributed by atoms with Crippen LogP contribution in [-0.2, 0) is 19.1 Å². The number of unbranched alkanes of at least 4 members (excludes halogenated alkanes) is 7. The first kappa shape index (κ1) is 37.0. The third-order valence-corrected chi connectivity index (χ3v) is 8.61. The van der Waals surface area contributed by atoms with Crippen molar-refractivity contribution in [2.24, 2.45) is 5.41 Å². The molecule has 0 atom stereocenters. The number of carbonyl (C=O) groups is 2. The van der Waals surface area contributed by atoms with Crippen LogP contribution in [0.4, 0.5) is 0 Å². The molecule has 0 aliphatic carbocycles. The minimum atomic E-state index is -0.554. The number of ether oxygens (including phenoxy) is 2. The van der Waals surface area contributed by atoms with Gasteiger partial charge in [-0.2, -0.15) is 0 Å². The third-order valence-electron chi connectivity index (χ3n) is 4.57. The molecule has 0 spiro atoms. The molecule has 0 rings (SSSR count). The van der Waals surface area contributed by atoms with Gasteiger partial charge in [-0.15, -0.1) is 0 Å². The fraction of sp³-hybridized carbons (Fsp3) is 0.846. The van der Waals surface area contributed by atoms with Gasteiger partial charge in [-0.05, 0) is 6.42 Å². The van der Waals surface area contributed by atoms with Crippen LogP contribution in [-0.4, -0.2) is 70.2 Å². The minimum absolute atomic E-state index is 0.0451. The molecule has 2 radical (unpaired) electrons. The zero-order chi connectivity index (χ0) is 25.8. The summed E-state index contributed by atoms with van der Waals surface area (Å²) in [5, 5.41) is 16.9. The number of rotatable bonds is 17. The quantitative estimate of drug-likeness (QED) is 0.0988. The Balaban J connectivity index is -0.000000469. The molecule has 0 unspecified atom stereocenters. The van der Waals surface area contributed by atoms with Crippen LogP contribution in [0.15, 0.2) is 12.2 Å². The van der Waals surface area contributed by atoms with Crippen molar-refractivity contribution in [1.29, 1.82) is 0 Å². The number of hydrogen-bond acceptors (Lipinski definition) is 6. The zero-order valence-corrected chi connectivity index (χ0v) is 25.1. The molecule has 7 heteroatoms. The number of esters is 2. The molecule has 0 fully saturated rings. The molecule has 0 bridgehead atoms. The zero-order valence-electron chi connectivity index (χ0n) is 22.3. The van der Waals surface area contributed by atoms with Crippen molar-refractivity contribution in [2.75, 3.05) is 26.9 Å². The SMILES string of the molecule is CC(C)(CO)CO.CCCCCCCCOC(=O)/C=C\C(=O)OC.CCC[CH2][Sn][CH2]CCC. The molecular weight excluding hydrogens is 527 g/mol. The molecule has 0 aromatic carbocycles. The number of methoxy groups -OCH3 is 1. The summed E-state index contributed by atoms with van der Waals surface area (Å²) < 4.78 is 12.5. The fourth-order valence-electron chi connectivity index (χ4n) is 2.09. The predicted octanol–water partition coefficient (Wildman–Crippen LogP) is 5.74. The molecular formula is C26H52O6Sn. The van der Waals surface area contributed by atoms with Gasteiger partial charge in [0, 0.05) is 17.6 Å². The van der Waals surface area contributed by atoms with Crippen LogP contribution in [0.25, 0.3) is 0 Å². The Labute approximate surface area is 214 Å². The Morgan fingerprint density at radius 3 is 1.64 bits per heavy atom. The summed E-state index contributed by atoms with van der Waals surface area (Å²) >= 11 is 0.149. The standard InChI is InChI=1S/C13H22O4.C5H12O2.2C4H9.Sn/c1-3-4-5-6-7-8-11-17-13(15)10-9-12(14)16-2;1-5(2,3-6)4-7;2*1-3-4-2;/h9-10H,3-8,11H2,1-2H3;6-7H,3-4H2,1-2H3;2*1,3-4H2,2H3;/b10-9-;;;;. The van der Waals surface area contributed by atoms with Gasteiger partial charge in [0.1, 0.15) is 0 Å². The number of aliphatic hydroxyl groups excluding tert-OH is 2. The molecule has 0 heterocycles. The van der Waals surface area contributed by atoms with E-state index in [1.165, 1.54) is 58.5 Å². The van der Waals surface area contributed by atoms with E-state index in [1.54, 1.807) is 22.7 Å². The number of carbonyl (C=O) groups excluding carboxylic acids is 2. The van der Waals surface area contributed by atoms with Crippen LogP contribution in [0.2, 0.25) is 8.87 Å². The van der Waals surface area contributed by atoms with Gasteiger partial charge in [0.15, 0.2) is 0 Å². The summed E-state index contributed by atoms with van der Waals surface area (Å²) in [5.74, 6) is -1.05. The first-order valence-corrected chi connectivity index (χ1v) is 16.6. The van der Waals surface area contributed by atoms with Crippen molar-refractivity contribution in [3.8, 4) is 0 Å². The van der Waals surface area contributed by atoms with Gasteiger partial charge in [-0.3, -0.25) is 0 Å². The molecule has 0 aliphatic rings. The third kappa shape index (κ3) is 36.1. The first-order valence-electron chi connectivity index (χ1n) is 12.6. The number of aliphatic hydroxyl groups is 2. The molecule has 6 nitrogen and oxygen atoms in total. The molecule has 0 aromatic rings. The normalized spacial score (nSPS) is 10.7. The van der Waals surface area contributed by atoms with Gasteiger partial charge >= 0.3 is 81.5 Å². The fourth-order valence-corrected chi connectivity index (χ4v) is 6.24. The van der Waals surface area contributed by atoms with E-state index in [1.807, 2.05) is 0 Å². The van der Waals surface area contributed by atoms with Crippen molar-refractivity contribution >= 4 is 33.1 Å². The molecule has 196 valence electrons. The van der Waals surface area contributed by atoms with Crippen LogP contribution < -0.4 is 0 Å². The van der Waals surface area contributed by atoms with Crippen molar-refractivity contribution < 1.29 is 29.3 Å². The van der Waals surface area contributed by atoms with Gasteiger partial charge in [-0.1, -0.05) is 52.9 Å². The average Bonchev–Trinajstić information content (AvgIpc) is 2.82. The van der Waals surface area contributed by atoms with Crippen LogP contribution in [0, 0.1) is 5.41 Å². The monoisotopic (exact) mass is 580 g/mol. The van der Waals surface area contributed by atoms with Gasteiger partial charge < -0.3 is 19.7 Å². The Morgan fingerprint density at radius 1 is 0.758 bits per heavy atom. The Hall–Kier alpha value is -0.601. The summed E-state index contributed by atoms with van der Waals surface area (Å²) in [6.45, 7) is 10.9. The molecule has 33 heavy (non-hydrogen) atoms. The van der Waals surface area contributed by atoms with Crippen LogP contribution in [0.1, 0.15) is 98.8 Å². The van der Waals surface area contributed by atoms with Crippen molar-refractivity contribution in [3.63, 3.8) is 0 Å². The van der Waals surface area contributed by atoms with Crippen LogP contribution in [0.5, 0.6) is 0 Å². The second-order valence-corrected chi connectivity index (χ2v) is 13.0. The van der Waals surface area contributed by atoms with Gasteiger partial charge in [0.25, 0.3) is 0 Å². The first-order chi connectivity index (χ1) is 15.7. The summed E-state index contributed by atoms with van der Waals surface area (Å²) in [4.78, 5) is 21.8. The van der Waals surface area contributed by atoms with Gasteiger partial charge in [0.05, 0.1) is 26.9 Å². The topological polar surface area (TPSA) is 93.1 Å². The second-order valence-electron chi connectivity index (χ2n) is 8.73. The Bertz CT molecular complexity index is 440. The molecule has 0 saturated carbocycles. The maximum absolute atomic E-state index is 11.1. The summed E-state index contributed by atoms with van der Waals surface area (Å²) in [5.41, 5.74) is -0.306. The molecule has 0 amide bonds. The van der Waals surface area contributed by atoms with E-state index in [0.29, 0.717) is 6.61 Å². The van der Waals surface area contributed by atoms with Crippen molar-refractivity contribution in [2.45, 2.75) is 108 Å². The number of hydrogen-bond donors (Lipinski definition) is 2. The second kappa shape index (κ2) is 29.4. The van der Waals surface area contributed by atoms with E-state index in [-0.39, 0.29) is 39.8 Å². The van der Waals surface area contributed by atoms with Gasteiger partial charge in [0.2, 0.25) is 0 Å². The van der Waals surface area contributed by atoms with E-state index >= 15 is 0 Å². The van der Waals surface area contributed by atoms with E-state index in [4.69, 9.17) is 14.9 Å². The summed E-state index contributed by atoms with van der Waals surface area (Å²) in [7, 11) is 1.26. The summed E-state index contributed by atoms with van der Waals surface area (Å²) in [6, 6.07) is 0. The Morgan fingerprint density at radius 2 is 1.21 bits per heavy atom. The molecule has 0 saturated heterocycles. The average molecular weight is 579 g/mol. The van der Waals surface area contributed by atoms with Crippen molar-refractivity contribution in [3.05, 3.63) is 12.2 Å².